The van der Waals surface area contributed by atoms with E-state index in [0.29, 0.717) is 54.2 Å². The number of alkyl halides is 2. The van der Waals surface area contributed by atoms with E-state index in [9.17, 15) is 0 Å². The third kappa shape index (κ3) is 46.9. The van der Waals surface area contributed by atoms with E-state index in [1.54, 1.807) is 109 Å². The van der Waals surface area contributed by atoms with Crippen molar-refractivity contribution >= 4 is 43.5 Å². The monoisotopic (exact) mass is 1200 g/mol. The van der Waals surface area contributed by atoms with E-state index in [0.717, 1.165) is 33.7 Å². The second kappa shape index (κ2) is 62.4. The number of benzene rings is 5. The lowest BCUT2D eigenvalue weighted by Crippen LogP contribution is -2.10. The third-order valence-electron chi connectivity index (χ3n) is 8.01. The minimum atomic E-state index is 0.0404. The van der Waals surface area contributed by atoms with Crippen molar-refractivity contribution < 1.29 is 24.1 Å². The van der Waals surface area contributed by atoms with Crippen molar-refractivity contribution in [3.05, 3.63) is 222 Å². The normalized spacial score (nSPS) is 9.35. The summed E-state index contributed by atoms with van der Waals surface area (Å²) in [6.07, 6.45) is 23.2. The number of phenols is 1. The molecule has 0 aliphatic carbocycles. The van der Waals surface area contributed by atoms with Gasteiger partial charge in [-0.3, -0.25) is 10.8 Å². The number of hydrogen-bond donors (Lipinski definition) is 5. The molecular formula is C65H87Br2N7O5. The second-order valence-corrected chi connectivity index (χ2v) is 14.2. The standard InChI is InChI=1S/C20H22N4O2.C20H16N2O2.C7H5NO.C6H8Br2.6C2H6/c21-19(22)15-5-9-17(10-6-15)25-13-3-1-2-4-14-26-18-11-7-16(8-12-18)20(23)24;21-15-17-5-9-19(10-6-17)23-13-3-1-2-4-14-24-20-11-7-18(16-22)8-12-20;8-5-6-1-3-7(9)4-2-6;7-5-3-1-2-4-6-8;6*1-2/h1-12H,13-14H2,(H3,21,22)(H3,23,24);1-12H,13-14H2;1-4,9H;1-4H,5-6H2;6*1-2H3. The highest BCUT2D eigenvalue weighted by molar-refractivity contribution is 9.09. The number of phenolic OH excluding ortho intramolecular Hbond substituents is 1. The third-order valence-corrected chi connectivity index (χ3v) is 8.75. The van der Waals surface area contributed by atoms with Gasteiger partial charge in [0, 0.05) is 21.8 Å². The summed E-state index contributed by atoms with van der Waals surface area (Å²) in [4.78, 5) is 0. The Balaban J connectivity index is -0.000000313. The van der Waals surface area contributed by atoms with Gasteiger partial charge >= 0.3 is 0 Å². The van der Waals surface area contributed by atoms with Crippen LogP contribution in [0.1, 0.15) is 111 Å². The molecule has 5 rings (SSSR count). The van der Waals surface area contributed by atoms with Crippen molar-refractivity contribution in [2.24, 2.45) is 11.5 Å². The molecule has 0 heterocycles. The highest BCUT2D eigenvalue weighted by atomic mass is 79.9. The van der Waals surface area contributed by atoms with Crippen molar-refractivity contribution in [3.63, 3.8) is 0 Å². The van der Waals surface area contributed by atoms with E-state index in [4.69, 9.17) is 62.1 Å². The lowest BCUT2D eigenvalue weighted by Gasteiger charge is -2.04. The number of nitriles is 3. The van der Waals surface area contributed by atoms with Gasteiger partial charge in [0.2, 0.25) is 0 Å². The number of hydrogen-bond acceptors (Lipinski definition) is 10. The molecule has 0 fully saturated rings. The largest absolute Gasteiger partial charge is 0.508 e. The van der Waals surface area contributed by atoms with Crippen LogP contribution in [-0.4, -0.2) is 53.9 Å². The number of halogens is 2. The molecule has 0 spiro atoms. The molecule has 0 radical (unpaired) electrons. The Kier molecular flexibility index (Phi) is 63.1. The molecule has 0 aromatic heterocycles. The molecule has 5 aromatic carbocycles. The first-order valence-electron chi connectivity index (χ1n) is 26.3. The molecule has 79 heavy (non-hydrogen) atoms. The first-order valence-corrected chi connectivity index (χ1v) is 28.5. The van der Waals surface area contributed by atoms with E-state index in [1.165, 1.54) is 12.1 Å². The van der Waals surface area contributed by atoms with Gasteiger partial charge in [0.05, 0.1) is 34.9 Å². The Morgan fingerprint density at radius 3 is 0.797 bits per heavy atom. The number of nitrogen functional groups attached to an aromatic ring is 2. The summed E-state index contributed by atoms with van der Waals surface area (Å²) in [6.45, 7) is 25.8. The van der Waals surface area contributed by atoms with Crippen molar-refractivity contribution in [2.75, 3.05) is 37.1 Å². The maximum atomic E-state index is 8.74. The molecule has 12 nitrogen and oxygen atoms in total. The molecule has 0 atom stereocenters. The molecule has 0 saturated carbocycles. The van der Waals surface area contributed by atoms with Gasteiger partial charge in [0.25, 0.3) is 0 Å². The SMILES string of the molecule is BrCC=CC=CCBr.CC.CC.CC.CC.CC.CC.N#Cc1ccc(O)cc1.N#Cc1ccc(OCC=CC=CCOc2ccc(C#N)cc2)cc1.N=C(N)c1ccc(OCC=CC=CCOc2ccc(C(=N)N)cc2)cc1. The molecule has 0 aliphatic rings. The molecule has 0 unspecified atom stereocenters. The predicted octanol–water partition coefficient (Wildman–Crippen LogP) is 17.1. The molecular weight excluding hydrogens is 1120 g/mol. The number of aromatic hydroxyl groups is 1. The predicted molar refractivity (Wildman–Crippen MR) is 343 cm³/mol. The highest BCUT2D eigenvalue weighted by Gasteiger charge is 1.98. The zero-order chi connectivity index (χ0) is 60.7. The van der Waals surface area contributed by atoms with Gasteiger partial charge < -0.3 is 35.5 Å². The first-order chi connectivity index (χ1) is 38.6. The molecule has 0 bridgehead atoms. The van der Waals surface area contributed by atoms with Crippen LogP contribution in [0.15, 0.2) is 194 Å². The molecule has 426 valence electrons. The van der Waals surface area contributed by atoms with Crippen LogP contribution in [0.25, 0.3) is 0 Å². The Hall–Kier alpha value is -8.09. The summed E-state index contributed by atoms with van der Waals surface area (Å²) in [5.74, 6) is 3.17. The highest BCUT2D eigenvalue weighted by Crippen LogP contribution is 2.15. The van der Waals surface area contributed by atoms with Crippen LogP contribution >= 0.6 is 31.9 Å². The van der Waals surface area contributed by atoms with E-state index in [1.807, 2.05) is 162 Å². The molecule has 14 heteroatoms. The van der Waals surface area contributed by atoms with Crippen molar-refractivity contribution in [3.8, 4) is 47.0 Å². The maximum absolute atomic E-state index is 8.74. The molecule has 0 amide bonds. The van der Waals surface area contributed by atoms with Gasteiger partial charge in [-0.1, -0.05) is 164 Å². The van der Waals surface area contributed by atoms with Crippen LogP contribution in [0.5, 0.6) is 28.7 Å². The van der Waals surface area contributed by atoms with Crippen LogP contribution in [0.2, 0.25) is 0 Å². The minimum Gasteiger partial charge on any atom is -0.508 e. The number of nitrogens with two attached hydrogens (primary N) is 2. The fourth-order valence-electron chi connectivity index (χ4n) is 4.62. The smallest absolute Gasteiger partial charge is 0.122 e. The number of rotatable bonds is 19. The fourth-order valence-corrected chi connectivity index (χ4v) is 5.05. The van der Waals surface area contributed by atoms with Crippen molar-refractivity contribution in [1.29, 1.82) is 26.6 Å². The number of ether oxygens (including phenoxy) is 4. The fraction of sp³-hybridized carbons (Fsp3) is 0.277. The maximum Gasteiger partial charge on any atom is 0.122 e. The quantitative estimate of drug-likeness (QED) is 0.0227. The second-order valence-electron chi connectivity index (χ2n) is 12.9. The van der Waals surface area contributed by atoms with Gasteiger partial charge in [0.15, 0.2) is 0 Å². The zero-order valence-electron chi connectivity index (χ0n) is 48.6. The van der Waals surface area contributed by atoms with Crippen LogP contribution in [0.4, 0.5) is 0 Å². The van der Waals surface area contributed by atoms with E-state index in [2.05, 4.69) is 44.0 Å². The van der Waals surface area contributed by atoms with Crippen molar-refractivity contribution in [1.82, 2.24) is 0 Å². The van der Waals surface area contributed by atoms with E-state index >= 15 is 0 Å². The van der Waals surface area contributed by atoms with E-state index in [-0.39, 0.29) is 17.4 Å². The first kappa shape index (κ1) is 79.8. The lowest BCUT2D eigenvalue weighted by atomic mass is 10.2. The van der Waals surface area contributed by atoms with Crippen LogP contribution in [-0.2, 0) is 0 Å². The van der Waals surface area contributed by atoms with Gasteiger partial charge in [-0.05, 0) is 146 Å². The Bertz CT molecular complexity index is 2370. The topological polar surface area (TPSA) is 228 Å². The minimum absolute atomic E-state index is 0.0404. The molecule has 5 aromatic rings. The summed E-state index contributed by atoms with van der Waals surface area (Å²) >= 11 is 6.54. The summed E-state index contributed by atoms with van der Waals surface area (Å²) in [5, 5.41) is 51.0. The van der Waals surface area contributed by atoms with Gasteiger partial charge in [-0.25, -0.2) is 0 Å². The molecule has 0 aliphatic heterocycles. The van der Waals surface area contributed by atoms with Gasteiger partial charge in [-0.15, -0.1) is 0 Å². The van der Waals surface area contributed by atoms with Gasteiger partial charge in [0.1, 0.15) is 66.8 Å². The summed E-state index contributed by atoms with van der Waals surface area (Å²) < 4.78 is 22.1. The summed E-state index contributed by atoms with van der Waals surface area (Å²) in [7, 11) is 0. The summed E-state index contributed by atoms with van der Waals surface area (Å²) in [6, 6.07) is 40.3. The van der Waals surface area contributed by atoms with Crippen LogP contribution < -0.4 is 30.4 Å². The van der Waals surface area contributed by atoms with Crippen molar-refractivity contribution in [2.45, 2.75) is 83.1 Å². The Morgan fingerprint density at radius 1 is 0.392 bits per heavy atom. The molecule has 7 N–H and O–H groups in total. The average Bonchev–Trinajstić information content (AvgIpc) is 3.52. The number of nitrogens with one attached hydrogen (secondary N) is 2. The Morgan fingerprint density at radius 2 is 0.595 bits per heavy atom. The number of allylic oxidation sites excluding steroid dienone is 8. The summed E-state index contributed by atoms with van der Waals surface area (Å²) in [5.41, 5.74) is 13.9. The number of nitrogens with zero attached hydrogens (tertiary/aromatic N) is 3. The van der Waals surface area contributed by atoms with Gasteiger partial charge in [-0.2, -0.15) is 15.8 Å². The zero-order valence-corrected chi connectivity index (χ0v) is 51.7. The average molecular weight is 1210 g/mol. The molecule has 0 saturated heterocycles. The van der Waals surface area contributed by atoms with Crippen LogP contribution in [0, 0.1) is 44.8 Å². The number of amidine groups is 2. The Labute approximate surface area is 492 Å². The lowest BCUT2D eigenvalue weighted by molar-refractivity contribution is 0.361. The van der Waals surface area contributed by atoms with E-state index < -0.39 is 0 Å². The van der Waals surface area contributed by atoms with Crippen LogP contribution in [0.3, 0.4) is 0 Å².